The molecule has 3 nitrogen and oxygen atoms in total. The van der Waals surface area contributed by atoms with E-state index >= 15 is 0 Å². The molecule has 0 radical (unpaired) electrons. The maximum absolute atomic E-state index is 6.24. The number of nitrogens with zero attached hydrogens (tertiary/aromatic N) is 2. The molecule has 0 unspecified atom stereocenters. The van der Waals surface area contributed by atoms with Gasteiger partial charge in [-0.05, 0) is 25.0 Å². The van der Waals surface area contributed by atoms with Crippen LogP contribution in [0.5, 0.6) is 0 Å². The van der Waals surface area contributed by atoms with Gasteiger partial charge in [-0.15, -0.1) is 0 Å². The van der Waals surface area contributed by atoms with E-state index in [-0.39, 0.29) is 0 Å². The molecule has 5 heteroatoms. The molecule has 0 spiro atoms. The number of halogens is 2. The first-order chi connectivity index (χ1) is 8.63. The standard InChI is InChI=1S/C13H13Cl2N3/c1-3-9-12(15)16-7-17-13(9)18-10-6-4-5-8(2)11(10)14/h4-7H,3H2,1-2H3,(H,16,17,18). The van der Waals surface area contributed by atoms with Crippen LogP contribution in [0.3, 0.4) is 0 Å². The van der Waals surface area contributed by atoms with E-state index < -0.39 is 0 Å². The van der Waals surface area contributed by atoms with Crippen molar-refractivity contribution < 1.29 is 0 Å². The molecule has 0 atom stereocenters. The van der Waals surface area contributed by atoms with Crippen molar-refractivity contribution in [2.75, 3.05) is 5.32 Å². The molecule has 94 valence electrons. The van der Waals surface area contributed by atoms with Crippen LogP contribution in [0.1, 0.15) is 18.1 Å². The summed E-state index contributed by atoms with van der Waals surface area (Å²) in [4.78, 5) is 8.18. The maximum Gasteiger partial charge on any atom is 0.138 e. The Hall–Kier alpha value is -1.32. The lowest BCUT2D eigenvalue weighted by Crippen LogP contribution is -2.01. The Kier molecular flexibility index (Phi) is 4.04. The van der Waals surface area contributed by atoms with Crippen molar-refractivity contribution in [3.63, 3.8) is 0 Å². The number of benzene rings is 1. The van der Waals surface area contributed by atoms with Gasteiger partial charge in [0.15, 0.2) is 0 Å². The average molecular weight is 282 g/mol. The van der Waals surface area contributed by atoms with Crippen LogP contribution in [0.2, 0.25) is 10.2 Å². The largest absolute Gasteiger partial charge is 0.339 e. The lowest BCUT2D eigenvalue weighted by molar-refractivity contribution is 1.05. The molecule has 2 rings (SSSR count). The SMILES string of the molecule is CCc1c(Cl)ncnc1Nc1cccc(C)c1Cl. The van der Waals surface area contributed by atoms with E-state index in [2.05, 4.69) is 15.3 Å². The summed E-state index contributed by atoms with van der Waals surface area (Å²) in [5.41, 5.74) is 2.72. The lowest BCUT2D eigenvalue weighted by atomic mass is 10.2. The summed E-state index contributed by atoms with van der Waals surface area (Å²) in [6.07, 6.45) is 2.19. The van der Waals surface area contributed by atoms with Gasteiger partial charge in [0.1, 0.15) is 17.3 Å². The molecule has 0 aliphatic rings. The van der Waals surface area contributed by atoms with Crippen LogP contribution in [0.4, 0.5) is 11.5 Å². The fraction of sp³-hybridized carbons (Fsp3) is 0.231. The Labute approximate surface area is 116 Å². The molecule has 1 aromatic heterocycles. The van der Waals surface area contributed by atoms with E-state index in [1.165, 1.54) is 6.33 Å². The smallest absolute Gasteiger partial charge is 0.138 e. The minimum absolute atomic E-state index is 0.471. The topological polar surface area (TPSA) is 37.8 Å². The molecule has 0 fully saturated rings. The number of aromatic nitrogens is 2. The summed E-state index contributed by atoms with van der Waals surface area (Å²) in [6, 6.07) is 5.81. The van der Waals surface area contributed by atoms with E-state index in [1.807, 2.05) is 32.0 Å². The Morgan fingerprint density at radius 3 is 2.72 bits per heavy atom. The Morgan fingerprint density at radius 2 is 2.00 bits per heavy atom. The van der Waals surface area contributed by atoms with Crippen molar-refractivity contribution >= 4 is 34.7 Å². The molecule has 2 aromatic rings. The zero-order chi connectivity index (χ0) is 13.1. The monoisotopic (exact) mass is 281 g/mol. The van der Waals surface area contributed by atoms with Gasteiger partial charge in [-0.1, -0.05) is 42.3 Å². The first-order valence-corrected chi connectivity index (χ1v) is 6.40. The van der Waals surface area contributed by atoms with Crippen LogP contribution in [0.25, 0.3) is 0 Å². The van der Waals surface area contributed by atoms with Crippen molar-refractivity contribution in [1.29, 1.82) is 0 Å². The molecule has 0 aliphatic carbocycles. The molecule has 0 saturated heterocycles. The number of aryl methyl sites for hydroxylation is 1. The Bertz CT molecular complexity index is 570. The van der Waals surface area contributed by atoms with Gasteiger partial charge >= 0.3 is 0 Å². The van der Waals surface area contributed by atoms with Gasteiger partial charge in [0.05, 0.1) is 10.7 Å². The molecular formula is C13H13Cl2N3. The molecule has 1 heterocycles. The van der Waals surface area contributed by atoms with Gasteiger partial charge in [0.2, 0.25) is 0 Å². The van der Waals surface area contributed by atoms with E-state index in [4.69, 9.17) is 23.2 Å². The number of rotatable bonds is 3. The third-order valence-corrected chi connectivity index (χ3v) is 3.52. The first kappa shape index (κ1) is 13.1. The van der Waals surface area contributed by atoms with Crippen LogP contribution in [0, 0.1) is 6.92 Å². The summed E-state index contributed by atoms with van der Waals surface area (Å²) in [5.74, 6) is 0.699. The summed E-state index contributed by atoms with van der Waals surface area (Å²) in [7, 11) is 0. The van der Waals surface area contributed by atoms with E-state index in [1.54, 1.807) is 0 Å². The molecule has 0 bridgehead atoms. The zero-order valence-corrected chi connectivity index (χ0v) is 11.7. The van der Waals surface area contributed by atoms with Crippen molar-refractivity contribution in [2.24, 2.45) is 0 Å². The quantitative estimate of drug-likeness (QED) is 0.848. The molecular weight excluding hydrogens is 269 g/mol. The normalized spacial score (nSPS) is 10.4. The van der Waals surface area contributed by atoms with Gasteiger partial charge in [0, 0.05) is 5.56 Å². The van der Waals surface area contributed by atoms with Gasteiger partial charge in [0.25, 0.3) is 0 Å². The predicted molar refractivity (Wildman–Crippen MR) is 75.9 cm³/mol. The van der Waals surface area contributed by atoms with Crippen LogP contribution < -0.4 is 5.32 Å². The minimum Gasteiger partial charge on any atom is -0.339 e. The number of anilines is 2. The van der Waals surface area contributed by atoms with Crippen molar-refractivity contribution in [3.05, 3.63) is 45.8 Å². The summed E-state index contributed by atoms with van der Waals surface area (Å²) in [6.45, 7) is 3.97. The Morgan fingerprint density at radius 1 is 1.22 bits per heavy atom. The number of hydrogen-bond acceptors (Lipinski definition) is 3. The average Bonchev–Trinajstić information content (AvgIpc) is 2.35. The van der Waals surface area contributed by atoms with Gasteiger partial charge in [-0.3, -0.25) is 0 Å². The van der Waals surface area contributed by atoms with Gasteiger partial charge in [-0.25, -0.2) is 9.97 Å². The molecule has 0 amide bonds. The van der Waals surface area contributed by atoms with E-state index in [0.717, 1.165) is 23.2 Å². The fourth-order valence-electron chi connectivity index (χ4n) is 1.68. The van der Waals surface area contributed by atoms with Crippen LogP contribution in [-0.4, -0.2) is 9.97 Å². The highest BCUT2D eigenvalue weighted by molar-refractivity contribution is 6.34. The Balaban J connectivity index is 2.40. The van der Waals surface area contributed by atoms with Gasteiger partial charge < -0.3 is 5.32 Å². The molecule has 18 heavy (non-hydrogen) atoms. The number of nitrogens with one attached hydrogen (secondary N) is 1. The predicted octanol–water partition coefficient (Wildman–Crippen LogP) is 4.40. The van der Waals surface area contributed by atoms with E-state index in [0.29, 0.717) is 16.0 Å². The molecule has 0 aliphatic heterocycles. The summed E-state index contributed by atoms with van der Waals surface area (Å²) in [5, 5.41) is 4.37. The van der Waals surface area contributed by atoms with Crippen molar-refractivity contribution in [2.45, 2.75) is 20.3 Å². The highest BCUT2D eigenvalue weighted by atomic mass is 35.5. The zero-order valence-electron chi connectivity index (χ0n) is 10.2. The summed E-state index contributed by atoms with van der Waals surface area (Å²) < 4.78 is 0. The van der Waals surface area contributed by atoms with Crippen molar-refractivity contribution in [3.8, 4) is 0 Å². The molecule has 1 N–H and O–H groups in total. The van der Waals surface area contributed by atoms with E-state index in [9.17, 15) is 0 Å². The second kappa shape index (κ2) is 5.55. The maximum atomic E-state index is 6.24. The van der Waals surface area contributed by atoms with Crippen LogP contribution in [-0.2, 0) is 6.42 Å². The van der Waals surface area contributed by atoms with Crippen molar-refractivity contribution in [1.82, 2.24) is 9.97 Å². The second-order valence-electron chi connectivity index (χ2n) is 3.91. The second-order valence-corrected chi connectivity index (χ2v) is 4.64. The molecule has 0 saturated carbocycles. The summed E-state index contributed by atoms with van der Waals surface area (Å²) >= 11 is 12.3. The minimum atomic E-state index is 0.471. The third-order valence-electron chi connectivity index (χ3n) is 2.69. The lowest BCUT2D eigenvalue weighted by Gasteiger charge is -2.12. The van der Waals surface area contributed by atoms with Crippen LogP contribution >= 0.6 is 23.2 Å². The third kappa shape index (κ3) is 2.57. The highest BCUT2D eigenvalue weighted by Crippen LogP contribution is 2.30. The highest BCUT2D eigenvalue weighted by Gasteiger charge is 2.10. The van der Waals surface area contributed by atoms with Crippen LogP contribution in [0.15, 0.2) is 24.5 Å². The molecule has 1 aromatic carbocycles. The first-order valence-electron chi connectivity index (χ1n) is 5.65. The van der Waals surface area contributed by atoms with Gasteiger partial charge in [-0.2, -0.15) is 0 Å². The number of hydrogen-bond donors (Lipinski definition) is 1. The fourth-order valence-corrected chi connectivity index (χ4v) is 2.12.